The molecule has 0 aliphatic heterocycles. The zero-order valence-electron chi connectivity index (χ0n) is 11.1. The topological polar surface area (TPSA) is 34.0 Å². The molecule has 2 rings (SSSR count). The lowest BCUT2D eigenvalue weighted by molar-refractivity contribution is 0.504. The molecule has 0 saturated carbocycles. The standard InChI is InChI=1S/C15H22N2O/c1-2-10-17-12-14(8-9-15(17)18)16-11-13-6-4-3-5-7-13/h3-4,8-9,12-13,16H,2,5-7,10-11H2,1H3. The van der Waals surface area contributed by atoms with E-state index in [0.29, 0.717) is 0 Å². The van der Waals surface area contributed by atoms with Crippen LogP contribution in [0.5, 0.6) is 0 Å². The monoisotopic (exact) mass is 246 g/mol. The van der Waals surface area contributed by atoms with Crippen LogP contribution in [0, 0.1) is 5.92 Å². The van der Waals surface area contributed by atoms with Crippen LogP contribution in [0.1, 0.15) is 32.6 Å². The molecule has 0 radical (unpaired) electrons. The molecule has 0 bridgehead atoms. The van der Waals surface area contributed by atoms with Crippen LogP contribution >= 0.6 is 0 Å². The van der Waals surface area contributed by atoms with Crippen molar-refractivity contribution in [2.24, 2.45) is 5.92 Å². The Kier molecular flexibility index (Phi) is 4.62. The van der Waals surface area contributed by atoms with Gasteiger partial charge in [0.25, 0.3) is 5.56 Å². The number of nitrogens with one attached hydrogen (secondary N) is 1. The van der Waals surface area contributed by atoms with Crippen molar-refractivity contribution in [2.75, 3.05) is 11.9 Å². The molecule has 0 amide bonds. The smallest absolute Gasteiger partial charge is 0.250 e. The van der Waals surface area contributed by atoms with Crippen molar-refractivity contribution in [2.45, 2.75) is 39.2 Å². The molecule has 3 heteroatoms. The minimum Gasteiger partial charge on any atom is -0.384 e. The summed E-state index contributed by atoms with van der Waals surface area (Å²) in [6, 6.07) is 3.53. The molecular formula is C15H22N2O. The van der Waals surface area contributed by atoms with E-state index in [-0.39, 0.29) is 5.56 Å². The molecule has 1 aromatic rings. The summed E-state index contributed by atoms with van der Waals surface area (Å²) in [5.74, 6) is 0.724. The van der Waals surface area contributed by atoms with Gasteiger partial charge in [-0.2, -0.15) is 0 Å². The summed E-state index contributed by atoms with van der Waals surface area (Å²) in [4.78, 5) is 11.6. The van der Waals surface area contributed by atoms with Crippen molar-refractivity contribution < 1.29 is 0 Å². The Labute approximate surface area is 109 Å². The molecule has 0 aromatic carbocycles. The van der Waals surface area contributed by atoms with Gasteiger partial charge in [-0.15, -0.1) is 0 Å². The van der Waals surface area contributed by atoms with Gasteiger partial charge in [-0.3, -0.25) is 4.79 Å². The Morgan fingerprint density at radius 2 is 2.28 bits per heavy atom. The molecule has 1 heterocycles. The molecule has 18 heavy (non-hydrogen) atoms. The molecule has 1 unspecified atom stereocenters. The van der Waals surface area contributed by atoms with Crippen LogP contribution in [-0.4, -0.2) is 11.1 Å². The lowest BCUT2D eigenvalue weighted by atomic mass is 9.94. The van der Waals surface area contributed by atoms with E-state index in [9.17, 15) is 4.79 Å². The van der Waals surface area contributed by atoms with Crippen LogP contribution in [0.15, 0.2) is 35.3 Å². The van der Waals surface area contributed by atoms with Crippen molar-refractivity contribution in [3.8, 4) is 0 Å². The maximum absolute atomic E-state index is 11.6. The molecular weight excluding hydrogens is 224 g/mol. The number of anilines is 1. The van der Waals surface area contributed by atoms with Crippen LogP contribution in [0.3, 0.4) is 0 Å². The maximum Gasteiger partial charge on any atom is 0.250 e. The maximum atomic E-state index is 11.6. The summed E-state index contributed by atoms with van der Waals surface area (Å²) in [6.45, 7) is 3.87. The average molecular weight is 246 g/mol. The number of aryl methyl sites for hydroxylation is 1. The highest BCUT2D eigenvalue weighted by Crippen LogP contribution is 2.18. The van der Waals surface area contributed by atoms with E-state index in [1.807, 2.05) is 12.3 Å². The second kappa shape index (κ2) is 6.43. The van der Waals surface area contributed by atoms with E-state index < -0.39 is 0 Å². The van der Waals surface area contributed by atoms with Gasteiger partial charge in [0.2, 0.25) is 0 Å². The fraction of sp³-hybridized carbons (Fsp3) is 0.533. The Morgan fingerprint density at radius 1 is 1.39 bits per heavy atom. The van der Waals surface area contributed by atoms with Crippen LogP contribution in [0.25, 0.3) is 0 Å². The Balaban J connectivity index is 1.94. The molecule has 98 valence electrons. The minimum absolute atomic E-state index is 0.0861. The van der Waals surface area contributed by atoms with E-state index in [0.717, 1.165) is 31.1 Å². The number of hydrogen-bond donors (Lipinski definition) is 1. The van der Waals surface area contributed by atoms with Gasteiger partial charge < -0.3 is 9.88 Å². The van der Waals surface area contributed by atoms with E-state index >= 15 is 0 Å². The summed E-state index contributed by atoms with van der Waals surface area (Å²) < 4.78 is 1.78. The van der Waals surface area contributed by atoms with E-state index in [1.54, 1.807) is 10.6 Å². The first kappa shape index (κ1) is 12.9. The highest BCUT2D eigenvalue weighted by atomic mass is 16.1. The van der Waals surface area contributed by atoms with Gasteiger partial charge >= 0.3 is 0 Å². The first-order valence-corrected chi connectivity index (χ1v) is 6.89. The molecule has 1 aromatic heterocycles. The van der Waals surface area contributed by atoms with E-state index in [2.05, 4.69) is 24.4 Å². The number of hydrogen-bond acceptors (Lipinski definition) is 2. The number of allylic oxidation sites excluding steroid dienone is 2. The molecule has 1 N–H and O–H groups in total. The normalized spacial score (nSPS) is 18.8. The fourth-order valence-corrected chi connectivity index (χ4v) is 2.36. The average Bonchev–Trinajstić information content (AvgIpc) is 2.41. The number of aromatic nitrogens is 1. The van der Waals surface area contributed by atoms with E-state index in [4.69, 9.17) is 0 Å². The van der Waals surface area contributed by atoms with Crippen molar-refractivity contribution in [3.05, 3.63) is 40.8 Å². The number of rotatable bonds is 5. The second-order valence-electron chi connectivity index (χ2n) is 4.98. The van der Waals surface area contributed by atoms with Gasteiger partial charge in [-0.1, -0.05) is 19.1 Å². The number of pyridine rings is 1. The molecule has 1 aliphatic rings. The van der Waals surface area contributed by atoms with Gasteiger partial charge in [-0.25, -0.2) is 0 Å². The van der Waals surface area contributed by atoms with Gasteiger partial charge in [0.05, 0.1) is 5.69 Å². The number of nitrogens with zero attached hydrogens (tertiary/aromatic N) is 1. The highest BCUT2D eigenvalue weighted by Gasteiger charge is 2.09. The molecule has 0 spiro atoms. The largest absolute Gasteiger partial charge is 0.384 e. The lowest BCUT2D eigenvalue weighted by Crippen LogP contribution is -2.20. The molecule has 1 atom stereocenters. The van der Waals surface area contributed by atoms with Crippen LogP contribution in [0.2, 0.25) is 0 Å². The minimum atomic E-state index is 0.0861. The van der Waals surface area contributed by atoms with Gasteiger partial charge in [0, 0.05) is 25.4 Å². The summed E-state index contributed by atoms with van der Waals surface area (Å²) in [5.41, 5.74) is 1.14. The first-order valence-electron chi connectivity index (χ1n) is 6.89. The second-order valence-corrected chi connectivity index (χ2v) is 4.98. The van der Waals surface area contributed by atoms with Gasteiger partial charge in [0.1, 0.15) is 0 Å². The third-order valence-corrected chi connectivity index (χ3v) is 3.42. The quantitative estimate of drug-likeness (QED) is 0.810. The zero-order valence-corrected chi connectivity index (χ0v) is 11.1. The lowest BCUT2D eigenvalue weighted by Gasteiger charge is -2.19. The van der Waals surface area contributed by atoms with Crippen molar-refractivity contribution in [1.29, 1.82) is 0 Å². The fourth-order valence-electron chi connectivity index (χ4n) is 2.36. The first-order chi connectivity index (χ1) is 8.79. The SMILES string of the molecule is CCCn1cc(NCC2CC=CCC2)ccc1=O. The van der Waals surface area contributed by atoms with Crippen LogP contribution in [-0.2, 0) is 6.54 Å². The summed E-state index contributed by atoms with van der Waals surface area (Å²) in [7, 11) is 0. The summed E-state index contributed by atoms with van der Waals surface area (Å²) in [5, 5.41) is 3.45. The van der Waals surface area contributed by atoms with Crippen molar-refractivity contribution >= 4 is 5.69 Å². The highest BCUT2D eigenvalue weighted by molar-refractivity contribution is 5.40. The molecule has 0 saturated heterocycles. The predicted molar refractivity (Wildman–Crippen MR) is 76.0 cm³/mol. The molecule has 1 aliphatic carbocycles. The predicted octanol–water partition coefficient (Wildman–Crippen LogP) is 3.03. The Bertz CT molecular complexity index is 462. The van der Waals surface area contributed by atoms with E-state index in [1.165, 1.54) is 19.3 Å². The summed E-state index contributed by atoms with van der Waals surface area (Å²) in [6.07, 6.45) is 11.1. The van der Waals surface area contributed by atoms with Crippen LogP contribution in [0.4, 0.5) is 5.69 Å². The Morgan fingerprint density at radius 3 is 3.00 bits per heavy atom. The van der Waals surface area contributed by atoms with Gasteiger partial charge in [-0.05, 0) is 37.7 Å². The van der Waals surface area contributed by atoms with Gasteiger partial charge in [0.15, 0.2) is 0 Å². The summed E-state index contributed by atoms with van der Waals surface area (Å²) >= 11 is 0. The molecule has 0 fully saturated rings. The molecule has 3 nitrogen and oxygen atoms in total. The van der Waals surface area contributed by atoms with Crippen LogP contribution < -0.4 is 10.9 Å². The third-order valence-electron chi connectivity index (χ3n) is 3.42. The third kappa shape index (κ3) is 3.49. The zero-order chi connectivity index (χ0) is 12.8. The Hall–Kier alpha value is -1.51. The van der Waals surface area contributed by atoms with Crippen molar-refractivity contribution in [1.82, 2.24) is 4.57 Å². The van der Waals surface area contributed by atoms with Crippen molar-refractivity contribution in [3.63, 3.8) is 0 Å².